The number of nitrogens with zero attached hydrogens (tertiary/aromatic N) is 2. The van der Waals surface area contributed by atoms with Gasteiger partial charge in [0.1, 0.15) is 6.33 Å². The molecule has 0 aliphatic heterocycles. The van der Waals surface area contributed by atoms with Crippen LogP contribution in [0.25, 0.3) is 11.3 Å². The Hall–Kier alpha value is -1.94. The molecule has 2 aromatic rings. The van der Waals surface area contributed by atoms with Crippen LogP contribution in [0.15, 0.2) is 36.7 Å². The van der Waals surface area contributed by atoms with E-state index in [1.807, 2.05) is 18.2 Å². The Bertz CT molecular complexity index is 558. The summed E-state index contributed by atoms with van der Waals surface area (Å²) in [5, 5.41) is 9.27. The summed E-state index contributed by atoms with van der Waals surface area (Å²) in [5.74, 6) is -0.922. The van der Waals surface area contributed by atoms with Crippen LogP contribution >= 0.6 is 11.6 Å². The van der Waals surface area contributed by atoms with Crippen LogP contribution in [0.5, 0.6) is 0 Å². The highest BCUT2D eigenvalue weighted by atomic mass is 35.5. The van der Waals surface area contributed by atoms with Crippen molar-refractivity contribution in [1.29, 1.82) is 0 Å². The number of carboxylic acids is 1. The fourth-order valence-corrected chi connectivity index (χ4v) is 1.70. The highest BCUT2D eigenvalue weighted by Gasteiger charge is 2.07. The zero-order chi connectivity index (χ0) is 12.3. The fraction of sp³-hybridized carbons (Fsp3) is 0.0833. The zero-order valence-corrected chi connectivity index (χ0v) is 9.55. The van der Waals surface area contributed by atoms with Crippen LogP contribution in [0.4, 0.5) is 0 Å². The molecule has 0 spiro atoms. The van der Waals surface area contributed by atoms with E-state index < -0.39 is 5.97 Å². The molecule has 1 heterocycles. The van der Waals surface area contributed by atoms with Gasteiger partial charge in [0.05, 0.1) is 17.8 Å². The minimum atomic E-state index is -0.922. The van der Waals surface area contributed by atoms with Gasteiger partial charge in [0.25, 0.3) is 0 Å². The van der Waals surface area contributed by atoms with Crippen molar-refractivity contribution in [2.45, 2.75) is 6.42 Å². The standard InChI is InChI=1S/C12H9ClN2O2/c13-10-4-2-1-3-9(10)11-5-8(6-12(16)17)14-7-15-11/h1-5,7H,6H2,(H,16,17). The van der Waals surface area contributed by atoms with Gasteiger partial charge in [-0.3, -0.25) is 4.79 Å². The Kier molecular flexibility index (Phi) is 3.35. The Labute approximate surface area is 103 Å². The predicted molar refractivity (Wildman–Crippen MR) is 63.8 cm³/mol. The number of hydrogen-bond acceptors (Lipinski definition) is 3. The molecule has 2 rings (SSSR count). The molecular formula is C12H9ClN2O2. The third-order valence-electron chi connectivity index (χ3n) is 2.21. The van der Waals surface area contributed by atoms with Crippen molar-refractivity contribution in [2.24, 2.45) is 0 Å². The molecule has 1 aromatic carbocycles. The molecule has 0 bridgehead atoms. The van der Waals surface area contributed by atoms with Crippen molar-refractivity contribution in [2.75, 3.05) is 0 Å². The Morgan fingerprint density at radius 3 is 2.76 bits per heavy atom. The number of aliphatic carboxylic acids is 1. The largest absolute Gasteiger partial charge is 0.481 e. The molecule has 17 heavy (non-hydrogen) atoms. The van der Waals surface area contributed by atoms with Crippen LogP contribution in [-0.4, -0.2) is 21.0 Å². The number of carboxylic acid groups (broad SMARTS) is 1. The Balaban J connectivity index is 2.40. The van der Waals surface area contributed by atoms with Crippen LogP contribution in [0.2, 0.25) is 5.02 Å². The number of halogens is 1. The number of aromatic nitrogens is 2. The first-order valence-corrected chi connectivity index (χ1v) is 5.32. The van der Waals surface area contributed by atoms with Gasteiger partial charge in [-0.25, -0.2) is 9.97 Å². The molecule has 0 amide bonds. The highest BCUT2D eigenvalue weighted by Crippen LogP contribution is 2.25. The lowest BCUT2D eigenvalue weighted by atomic mass is 10.1. The van der Waals surface area contributed by atoms with Gasteiger partial charge >= 0.3 is 5.97 Å². The predicted octanol–water partition coefficient (Wildman–Crippen LogP) is 2.42. The first-order chi connectivity index (χ1) is 8.16. The zero-order valence-electron chi connectivity index (χ0n) is 8.80. The maximum absolute atomic E-state index is 10.6. The Morgan fingerprint density at radius 2 is 2.06 bits per heavy atom. The van der Waals surface area contributed by atoms with Gasteiger partial charge in [0.2, 0.25) is 0 Å². The Morgan fingerprint density at radius 1 is 1.29 bits per heavy atom. The summed E-state index contributed by atoms with van der Waals surface area (Å²) in [4.78, 5) is 18.6. The van der Waals surface area contributed by atoms with Crippen molar-refractivity contribution in [3.05, 3.63) is 47.4 Å². The van der Waals surface area contributed by atoms with Crippen molar-refractivity contribution in [3.8, 4) is 11.3 Å². The monoisotopic (exact) mass is 248 g/mol. The second kappa shape index (κ2) is 4.93. The summed E-state index contributed by atoms with van der Waals surface area (Å²) < 4.78 is 0. The molecule has 86 valence electrons. The van der Waals surface area contributed by atoms with Crippen LogP contribution in [0.1, 0.15) is 5.69 Å². The average Bonchev–Trinajstić information content (AvgIpc) is 2.29. The number of rotatable bonds is 3. The topological polar surface area (TPSA) is 63.1 Å². The van der Waals surface area contributed by atoms with E-state index in [2.05, 4.69) is 9.97 Å². The van der Waals surface area contributed by atoms with Gasteiger partial charge in [-0.2, -0.15) is 0 Å². The summed E-state index contributed by atoms with van der Waals surface area (Å²) in [6.45, 7) is 0. The van der Waals surface area contributed by atoms with E-state index in [0.717, 1.165) is 5.56 Å². The lowest BCUT2D eigenvalue weighted by Crippen LogP contribution is -2.03. The van der Waals surface area contributed by atoms with Gasteiger partial charge in [-0.05, 0) is 12.1 Å². The van der Waals surface area contributed by atoms with Crippen LogP contribution in [0.3, 0.4) is 0 Å². The molecular weight excluding hydrogens is 240 g/mol. The first-order valence-electron chi connectivity index (χ1n) is 4.94. The van der Waals surface area contributed by atoms with Gasteiger partial charge in [-0.1, -0.05) is 29.8 Å². The summed E-state index contributed by atoms with van der Waals surface area (Å²) in [6.07, 6.45) is 1.22. The first kappa shape index (κ1) is 11.5. The smallest absolute Gasteiger partial charge is 0.309 e. The molecule has 1 aromatic heterocycles. The molecule has 1 N–H and O–H groups in total. The van der Waals surface area contributed by atoms with Gasteiger partial charge < -0.3 is 5.11 Å². The quantitative estimate of drug-likeness (QED) is 0.906. The van der Waals surface area contributed by atoms with Crippen molar-refractivity contribution in [3.63, 3.8) is 0 Å². The van der Waals surface area contributed by atoms with E-state index in [4.69, 9.17) is 16.7 Å². The molecule has 0 radical (unpaired) electrons. The van der Waals surface area contributed by atoms with Gasteiger partial charge in [0.15, 0.2) is 0 Å². The molecule has 5 heteroatoms. The molecule has 0 fully saturated rings. The molecule has 0 unspecified atom stereocenters. The maximum Gasteiger partial charge on any atom is 0.309 e. The van der Waals surface area contributed by atoms with E-state index in [-0.39, 0.29) is 6.42 Å². The summed E-state index contributed by atoms with van der Waals surface area (Å²) in [5.41, 5.74) is 1.85. The summed E-state index contributed by atoms with van der Waals surface area (Å²) in [6, 6.07) is 8.89. The molecule has 0 aliphatic rings. The van der Waals surface area contributed by atoms with Crippen LogP contribution in [-0.2, 0) is 11.2 Å². The maximum atomic E-state index is 10.6. The second-order valence-electron chi connectivity index (χ2n) is 3.44. The van der Waals surface area contributed by atoms with E-state index in [1.165, 1.54) is 6.33 Å². The third-order valence-corrected chi connectivity index (χ3v) is 2.54. The minimum absolute atomic E-state index is 0.125. The van der Waals surface area contributed by atoms with Crippen LogP contribution < -0.4 is 0 Å². The molecule has 4 nitrogen and oxygen atoms in total. The minimum Gasteiger partial charge on any atom is -0.481 e. The lowest BCUT2D eigenvalue weighted by Gasteiger charge is -2.04. The van der Waals surface area contributed by atoms with E-state index in [0.29, 0.717) is 16.4 Å². The van der Waals surface area contributed by atoms with E-state index in [1.54, 1.807) is 12.1 Å². The van der Waals surface area contributed by atoms with Crippen molar-refractivity contribution in [1.82, 2.24) is 9.97 Å². The molecule has 0 aliphatic carbocycles. The highest BCUT2D eigenvalue weighted by molar-refractivity contribution is 6.33. The number of hydrogen-bond donors (Lipinski definition) is 1. The molecule has 0 atom stereocenters. The van der Waals surface area contributed by atoms with E-state index in [9.17, 15) is 4.79 Å². The molecule has 0 saturated heterocycles. The van der Waals surface area contributed by atoms with Crippen molar-refractivity contribution >= 4 is 17.6 Å². The van der Waals surface area contributed by atoms with Crippen LogP contribution in [0, 0.1) is 0 Å². The van der Waals surface area contributed by atoms with Gasteiger partial charge in [-0.15, -0.1) is 0 Å². The molecule has 0 saturated carbocycles. The summed E-state index contributed by atoms with van der Waals surface area (Å²) >= 11 is 6.04. The van der Waals surface area contributed by atoms with Crippen molar-refractivity contribution < 1.29 is 9.90 Å². The SMILES string of the molecule is O=C(O)Cc1cc(-c2ccccc2Cl)ncn1. The second-order valence-corrected chi connectivity index (χ2v) is 3.85. The third kappa shape index (κ3) is 2.79. The fourth-order valence-electron chi connectivity index (χ4n) is 1.47. The summed E-state index contributed by atoms with van der Waals surface area (Å²) in [7, 11) is 0. The van der Waals surface area contributed by atoms with E-state index >= 15 is 0 Å². The van der Waals surface area contributed by atoms with Gasteiger partial charge in [0, 0.05) is 10.6 Å². The average molecular weight is 249 g/mol. The number of carbonyl (C=O) groups is 1. The normalized spacial score (nSPS) is 10.2. The lowest BCUT2D eigenvalue weighted by molar-refractivity contribution is -0.136. The number of benzene rings is 1.